The summed E-state index contributed by atoms with van der Waals surface area (Å²) in [6.07, 6.45) is 3.82. The number of aromatic amines is 1. The summed E-state index contributed by atoms with van der Waals surface area (Å²) in [6.45, 7) is 6.00. The van der Waals surface area contributed by atoms with Gasteiger partial charge in [0.2, 0.25) is 0 Å². The summed E-state index contributed by atoms with van der Waals surface area (Å²) < 4.78 is 0. The van der Waals surface area contributed by atoms with E-state index in [9.17, 15) is 0 Å². The van der Waals surface area contributed by atoms with E-state index in [1.54, 1.807) is 0 Å². The van der Waals surface area contributed by atoms with E-state index in [4.69, 9.17) is 0 Å². The maximum Gasteiger partial charge on any atom is 0.169 e. The van der Waals surface area contributed by atoms with E-state index in [0.29, 0.717) is 0 Å². The van der Waals surface area contributed by atoms with Gasteiger partial charge in [0.25, 0.3) is 0 Å². The molecule has 0 fully saturated rings. The Morgan fingerprint density at radius 3 is 1.91 bits per heavy atom. The number of rotatable bonds is 1. The van der Waals surface area contributed by atoms with Crippen LogP contribution >= 0.6 is 0 Å². The highest BCUT2D eigenvalue weighted by Crippen LogP contribution is 2.04. The average Bonchev–Trinajstić information content (AvgIpc) is 2.10. The zero-order valence-corrected chi connectivity index (χ0v) is 7.17. The van der Waals surface area contributed by atoms with Crippen LogP contribution in [0.3, 0.4) is 0 Å². The van der Waals surface area contributed by atoms with Gasteiger partial charge in [0, 0.05) is 31.9 Å². The van der Waals surface area contributed by atoms with Crippen LogP contribution in [0.2, 0.25) is 0 Å². The van der Waals surface area contributed by atoms with Crippen molar-refractivity contribution in [1.82, 2.24) is 0 Å². The second kappa shape index (κ2) is 5.47. The fraction of sp³-hybridized carbons (Fsp3) is 0.222. The molecule has 0 aliphatic rings. The van der Waals surface area contributed by atoms with Gasteiger partial charge in [0.05, 0.1) is 0 Å². The van der Waals surface area contributed by atoms with Gasteiger partial charge in [0.15, 0.2) is 12.4 Å². The van der Waals surface area contributed by atoms with Crippen LogP contribution in [0.25, 0.3) is 0 Å². The first-order valence-electron chi connectivity index (χ1n) is 3.44. The highest BCUT2D eigenvalue weighted by atomic mass is 15.1. The summed E-state index contributed by atoms with van der Waals surface area (Å²) in [5.74, 6) is 0. The summed E-state index contributed by atoms with van der Waals surface area (Å²) in [5, 5.41) is 0. The van der Waals surface area contributed by atoms with E-state index in [1.165, 1.54) is 5.69 Å². The molecule has 0 amide bonds. The second-order valence-electron chi connectivity index (χ2n) is 2.15. The summed E-state index contributed by atoms with van der Waals surface area (Å²) in [5.41, 5.74) is 1.22. The zero-order chi connectivity index (χ0) is 8.69. The highest BCUT2D eigenvalue weighted by molar-refractivity contribution is 5.41. The predicted octanol–water partition coefficient (Wildman–Crippen LogP) is 1.37. The van der Waals surface area contributed by atoms with Gasteiger partial charge in [-0.3, -0.25) is 0 Å². The first kappa shape index (κ1) is 9.69. The normalized spacial score (nSPS) is 7.82. The summed E-state index contributed by atoms with van der Waals surface area (Å²) in [4.78, 5) is 5.02. The van der Waals surface area contributed by atoms with Crippen molar-refractivity contribution >= 4 is 5.69 Å². The Labute approximate surface area is 68.2 Å². The molecule has 0 saturated carbocycles. The standard InChI is InChI=1S/C7H10N2.C2H4/c1-9(2)7-3-5-8-6-4-7;1-2/h3-6H,1-2H3;1-2H2/p+1. The van der Waals surface area contributed by atoms with Crippen LogP contribution in [0.15, 0.2) is 37.7 Å². The van der Waals surface area contributed by atoms with Gasteiger partial charge in [-0.05, 0) is 0 Å². The van der Waals surface area contributed by atoms with E-state index >= 15 is 0 Å². The van der Waals surface area contributed by atoms with Crippen LogP contribution in [-0.2, 0) is 0 Å². The molecule has 2 nitrogen and oxygen atoms in total. The fourth-order valence-corrected chi connectivity index (χ4v) is 0.676. The van der Waals surface area contributed by atoms with Crippen LogP contribution in [0, 0.1) is 0 Å². The molecule has 0 aliphatic heterocycles. The fourth-order valence-electron chi connectivity index (χ4n) is 0.676. The van der Waals surface area contributed by atoms with E-state index < -0.39 is 0 Å². The number of H-pyrrole nitrogens is 1. The van der Waals surface area contributed by atoms with E-state index in [2.05, 4.69) is 23.0 Å². The summed E-state index contributed by atoms with van der Waals surface area (Å²) in [6, 6.07) is 4.06. The van der Waals surface area contributed by atoms with Crippen molar-refractivity contribution in [2.45, 2.75) is 0 Å². The number of nitrogens with zero attached hydrogens (tertiary/aromatic N) is 1. The molecule has 0 bridgehead atoms. The first-order chi connectivity index (χ1) is 5.30. The molecule has 0 atom stereocenters. The molecule has 1 rings (SSSR count). The number of anilines is 1. The minimum absolute atomic E-state index is 1.22. The van der Waals surface area contributed by atoms with Gasteiger partial charge in [-0.25, -0.2) is 4.98 Å². The van der Waals surface area contributed by atoms with Crippen LogP contribution in [-0.4, -0.2) is 14.1 Å². The Kier molecular flexibility index (Phi) is 4.82. The van der Waals surface area contributed by atoms with Crippen molar-refractivity contribution in [3.05, 3.63) is 37.7 Å². The Hall–Kier alpha value is -1.31. The molecule has 1 N–H and O–H groups in total. The molecule has 1 aromatic rings. The lowest BCUT2D eigenvalue weighted by Crippen LogP contribution is -2.10. The zero-order valence-electron chi connectivity index (χ0n) is 7.17. The van der Waals surface area contributed by atoms with E-state index in [-0.39, 0.29) is 0 Å². The molecule has 1 heterocycles. The molecule has 11 heavy (non-hydrogen) atoms. The highest BCUT2D eigenvalue weighted by Gasteiger charge is 1.91. The Balaban J connectivity index is 0.000000461. The lowest BCUT2D eigenvalue weighted by atomic mass is 10.4. The summed E-state index contributed by atoms with van der Waals surface area (Å²) >= 11 is 0. The predicted molar refractivity (Wildman–Crippen MR) is 48.6 cm³/mol. The quantitative estimate of drug-likeness (QED) is 0.554. The van der Waals surface area contributed by atoms with Gasteiger partial charge >= 0.3 is 0 Å². The largest absolute Gasteiger partial charge is 0.377 e. The number of aromatic nitrogens is 1. The van der Waals surface area contributed by atoms with Crippen molar-refractivity contribution in [3.63, 3.8) is 0 Å². The minimum Gasteiger partial charge on any atom is -0.377 e. The molecule has 60 valence electrons. The molecular weight excluding hydrogens is 136 g/mol. The number of hydrogen-bond acceptors (Lipinski definition) is 1. The third kappa shape index (κ3) is 3.40. The van der Waals surface area contributed by atoms with Crippen LogP contribution < -0.4 is 9.88 Å². The second-order valence-corrected chi connectivity index (χ2v) is 2.15. The Bertz CT molecular complexity index is 182. The molecule has 0 aromatic carbocycles. The smallest absolute Gasteiger partial charge is 0.169 e. The van der Waals surface area contributed by atoms with Crippen molar-refractivity contribution in [1.29, 1.82) is 0 Å². The Morgan fingerprint density at radius 1 is 1.18 bits per heavy atom. The third-order valence-corrected chi connectivity index (χ3v) is 1.22. The monoisotopic (exact) mass is 151 g/mol. The minimum atomic E-state index is 1.22. The van der Waals surface area contributed by atoms with Gasteiger partial charge in [-0.1, -0.05) is 0 Å². The lowest BCUT2D eigenvalue weighted by molar-refractivity contribution is -0.377. The Morgan fingerprint density at radius 2 is 1.64 bits per heavy atom. The summed E-state index contributed by atoms with van der Waals surface area (Å²) in [7, 11) is 4.05. The molecular formula is C9H15N2+. The van der Waals surface area contributed by atoms with E-state index in [1.807, 2.05) is 38.6 Å². The van der Waals surface area contributed by atoms with Crippen molar-refractivity contribution < 1.29 is 4.98 Å². The van der Waals surface area contributed by atoms with Crippen molar-refractivity contribution in [2.75, 3.05) is 19.0 Å². The maximum absolute atomic E-state index is 3.00. The van der Waals surface area contributed by atoms with E-state index in [0.717, 1.165) is 0 Å². The van der Waals surface area contributed by atoms with Gasteiger partial charge in [0.1, 0.15) is 0 Å². The molecule has 0 unspecified atom stereocenters. The van der Waals surface area contributed by atoms with Crippen LogP contribution in [0.1, 0.15) is 0 Å². The third-order valence-electron chi connectivity index (χ3n) is 1.22. The molecule has 0 spiro atoms. The number of pyridine rings is 1. The molecule has 0 aliphatic carbocycles. The van der Waals surface area contributed by atoms with Gasteiger partial charge in [-0.2, -0.15) is 0 Å². The van der Waals surface area contributed by atoms with Gasteiger partial charge in [-0.15, -0.1) is 13.2 Å². The van der Waals surface area contributed by atoms with Crippen molar-refractivity contribution in [2.24, 2.45) is 0 Å². The molecule has 0 saturated heterocycles. The van der Waals surface area contributed by atoms with Crippen LogP contribution in [0.4, 0.5) is 5.69 Å². The first-order valence-corrected chi connectivity index (χ1v) is 3.44. The topological polar surface area (TPSA) is 17.4 Å². The molecule has 1 aromatic heterocycles. The SMILES string of the molecule is C=C.CN(C)c1cc[nH+]cc1. The molecule has 0 radical (unpaired) electrons. The van der Waals surface area contributed by atoms with Crippen LogP contribution in [0.5, 0.6) is 0 Å². The van der Waals surface area contributed by atoms with Gasteiger partial charge < -0.3 is 4.90 Å². The maximum atomic E-state index is 3.00. The number of hydrogen-bond donors (Lipinski definition) is 0. The number of nitrogens with one attached hydrogen (secondary N) is 1. The molecule has 2 heteroatoms. The average molecular weight is 151 g/mol. The lowest BCUT2D eigenvalue weighted by Gasteiger charge is -2.08. The van der Waals surface area contributed by atoms with Crippen molar-refractivity contribution in [3.8, 4) is 0 Å².